The molecule has 0 aliphatic rings. The first-order valence-electron chi connectivity index (χ1n) is 4.82. The lowest BCUT2D eigenvalue weighted by atomic mass is 10.3. The predicted octanol–water partition coefficient (Wildman–Crippen LogP) is 3.32. The minimum absolute atomic E-state index is 0.00640. The molecule has 0 spiro atoms. The van der Waals surface area contributed by atoms with Crippen LogP contribution in [0.2, 0.25) is 0 Å². The Hall–Kier alpha value is -1.47. The predicted molar refractivity (Wildman–Crippen MR) is 67.5 cm³/mol. The maximum Gasteiger partial charge on any atom is 0.365 e. The number of ether oxygens (including phenoxy) is 1. The highest BCUT2D eigenvalue weighted by Crippen LogP contribution is 2.26. The number of hydrogen-bond acceptors (Lipinski definition) is 4. The van der Waals surface area contributed by atoms with E-state index in [2.05, 4.69) is 20.9 Å². The maximum absolute atomic E-state index is 13.0. The van der Waals surface area contributed by atoms with Gasteiger partial charge in [-0.1, -0.05) is 0 Å². The van der Waals surface area contributed by atoms with Gasteiger partial charge in [0.05, 0.1) is 10.2 Å². The van der Waals surface area contributed by atoms with Crippen LogP contribution in [-0.4, -0.2) is 16.1 Å². The highest BCUT2D eigenvalue weighted by atomic mass is 79.9. The molecule has 0 radical (unpaired) electrons. The Kier molecular flexibility index (Phi) is 3.93. The van der Waals surface area contributed by atoms with Crippen molar-refractivity contribution in [3.8, 4) is 5.75 Å². The zero-order valence-electron chi connectivity index (χ0n) is 8.89. The van der Waals surface area contributed by atoms with E-state index in [1.54, 1.807) is 5.38 Å². The number of aromatic carboxylic acids is 1. The molecule has 0 aliphatic carbocycles. The molecule has 0 unspecified atom stereocenters. The van der Waals surface area contributed by atoms with Gasteiger partial charge in [0.2, 0.25) is 5.01 Å². The molecule has 0 aliphatic heterocycles. The Morgan fingerprint density at radius 1 is 1.56 bits per heavy atom. The average Bonchev–Trinajstić information content (AvgIpc) is 2.79. The number of halogens is 2. The summed E-state index contributed by atoms with van der Waals surface area (Å²) in [5, 5.41) is 10.3. The summed E-state index contributed by atoms with van der Waals surface area (Å²) in [4.78, 5) is 14.5. The first-order valence-corrected chi connectivity index (χ1v) is 6.49. The molecule has 2 aromatic rings. The fourth-order valence-corrected chi connectivity index (χ4v) is 2.21. The monoisotopic (exact) mass is 331 g/mol. The third-order valence-electron chi connectivity index (χ3n) is 2.00. The highest BCUT2D eigenvalue weighted by Gasteiger charge is 2.10. The van der Waals surface area contributed by atoms with Crippen LogP contribution < -0.4 is 4.74 Å². The third kappa shape index (κ3) is 3.05. The van der Waals surface area contributed by atoms with Crippen LogP contribution in [0.25, 0.3) is 0 Å². The van der Waals surface area contributed by atoms with Gasteiger partial charge in [0, 0.05) is 11.4 Å². The average molecular weight is 332 g/mol. The molecule has 94 valence electrons. The van der Waals surface area contributed by atoms with E-state index in [9.17, 15) is 9.18 Å². The summed E-state index contributed by atoms with van der Waals surface area (Å²) in [6, 6.07) is 4.09. The van der Waals surface area contributed by atoms with Crippen LogP contribution in [0.3, 0.4) is 0 Å². The minimum Gasteiger partial charge on any atom is -0.486 e. The summed E-state index contributed by atoms with van der Waals surface area (Å²) in [7, 11) is 0. The molecule has 0 saturated heterocycles. The zero-order chi connectivity index (χ0) is 13.1. The highest BCUT2D eigenvalue weighted by molar-refractivity contribution is 9.10. The normalized spacial score (nSPS) is 10.3. The number of carboxylic acids is 1. The second-order valence-corrected chi connectivity index (χ2v) is 5.03. The fourth-order valence-electron chi connectivity index (χ4n) is 1.21. The molecule has 1 heterocycles. The smallest absolute Gasteiger partial charge is 0.365 e. The summed E-state index contributed by atoms with van der Waals surface area (Å²) in [6.07, 6.45) is 0. The molecule has 18 heavy (non-hydrogen) atoms. The molecule has 0 fully saturated rings. The Morgan fingerprint density at radius 3 is 3.00 bits per heavy atom. The van der Waals surface area contributed by atoms with Crippen LogP contribution in [0.4, 0.5) is 4.39 Å². The van der Waals surface area contributed by atoms with Gasteiger partial charge in [-0.15, -0.1) is 11.3 Å². The summed E-state index contributed by atoms with van der Waals surface area (Å²) in [5.74, 6) is -1.13. The second kappa shape index (κ2) is 5.45. The van der Waals surface area contributed by atoms with Crippen molar-refractivity contribution in [3.05, 3.63) is 44.6 Å². The Morgan fingerprint density at radius 2 is 2.33 bits per heavy atom. The lowest BCUT2D eigenvalue weighted by Crippen LogP contribution is -1.99. The molecule has 0 bridgehead atoms. The molecule has 0 amide bonds. The van der Waals surface area contributed by atoms with Crippen molar-refractivity contribution in [1.29, 1.82) is 0 Å². The molecule has 1 aromatic carbocycles. The second-order valence-electron chi connectivity index (χ2n) is 3.31. The van der Waals surface area contributed by atoms with E-state index in [0.717, 1.165) is 11.3 Å². The maximum atomic E-state index is 13.0. The summed E-state index contributed by atoms with van der Waals surface area (Å²) in [6.45, 7) is 0.0891. The molecule has 1 aromatic heterocycles. The number of carbonyl (C=O) groups is 1. The van der Waals surface area contributed by atoms with Crippen LogP contribution in [0, 0.1) is 5.82 Å². The lowest BCUT2D eigenvalue weighted by molar-refractivity contribution is 0.0696. The van der Waals surface area contributed by atoms with Gasteiger partial charge in [0.15, 0.2) is 0 Å². The summed E-state index contributed by atoms with van der Waals surface area (Å²) >= 11 is 4.25. The molecule has 4 nitrogen and oxygen atoms in total. The van der Waals surface area contributed by atoms with Crippen molar-refractivity contribution in [1.82, 2.24) is 4.98 Å². The van der Waals surface area contributed by atoms with Gasteiger partial charge >= 0.3 is 5.97 Å². The standard InChI is InChI=1S/C11H7BrFNO3S/c12-8-2-1-6(13)3-9(8)17-4-7-5-18-10(14-7)11(15)16/h1-3,5H,4H2,(H,15,16). The van der Waals surface area contributed by atoms with E-state index in [-0.39, 0.29) is 11.6 Å². The van der Waals surface area contributed by atoms with Crippen molar-refractivity contribution in [3.63, 3.8) is 0 Å². The first kappa shape index (κ1) is 13.0. The van der Waals surface area contributed by atoms with Gasteiger partial charge in [-0.25, -0.2) is 14.2 Å². The summed E-state index contributed by atoms with van der Waals surface area (Å²) < 4.78 is 19.0. The number of rotatable bonds is 4. The van der Waals surface area contributed by atoms with E-state index in [1.807, 2.05) is 0 Å². The largest absolute Gasteiger partial charge is 0.486 e. The Labute approximate surface area is 114 Å². The van der Waals surface area contributed by atoms with Crippen molar-refractivity contribution in [2.75, 3.05) is 0 Å². The molecular formula is C11H7BrFNO3S. The van der Waals surface area contributed by atoms with Crippen LogP contribution in [0.1, 0.15) is 15.5 Å². The van der Waals surface area contributed by atoms with Crippen molar-refractivity contribution in [2.45, 2.75) is 6.61 Å². The van der Waals surface area contributed by atoms with Gasteiger partial charge in [0.1, 0.15) is 18.2 Å². The number of carboxylic acid groups (broad SMARTS) is 1. The zero-order valence-corrected chi connectivity index (χ0v) is 11.3. The van der Waals surface area contributed by atoms with E-state index in [0.29, 0.717) is 15.9 Å². The van der Waals surface area contributed by atoms with E-state index in [4.69, 9.17) is 9.84 Å². The minimum atomic E-state index is -1.07. The van der Waals surface area contributed by atoms with E-state index in [1.165, 1.54) is 18.2 Å². The molecule has 1 N–H and O–H groups in total. The first-order chi connectivity index (χ1) is 8.56. The number of hydrogen-bond donors (Lipinski definition) is 1. The van der Waals surface area contributed by atoms with Crippen molar-refractivity contribution < 1.29 is 19.0 Å². The van der Waals surface area contributed by atoms with Crippen molar-refractivity contribution in [2.24, 2.45) is 0 Å². The van der Waals surface area contributed by atoms with Crippen LogP contribution >= 0.6 is 27.3 Å². The van der Waals surface area contributed by atoms with Gasteiger partial charge < -0.3 is 9.84 Å². The number of benzene rings is 1. The van der Waals surface area contributed by atoms with Gasteiger partial charge in [0.25, 0.3) is 0 Å². The fraction of sp³-hybridized carbons (Fsp3) is 0.0909. The molecule has 0 atom stereocenters. The summed E-state index contributed by atoms with van der Waals surface area (Å²) in [5.41, 5.74) is 0.494. The molecule has 7 heteroatoms. The topological polar surface area (TPSA) is 59.4 Å². The molecule has 0 saturated carbocycles. The van der Waals surface area contributed by atoms with Gasteiger partial charge in [-0.05, 0) is 28.1 Å². The Bertz CT molecular complexity index is 587. The lowest BCUT2D eigenvalue weighted by Gasteiger charge is -2.06. The van der Waals surface area contributed by atoms with Gasteiger partial charge in [-0.2, -0.15) is 0 Å². The molecular weight excluding hydrogens is 325 g/mol. The van der Waals surface area contributed by atoms with Crippen LogP contribution in [0.5, 0.6) is 5.75 Å². The number of thiazole rings is 1. The SMILES string of the molecule is O=C(O)c1nc(COc2cc(F)ccc2Br)cs1. The number of aromatic nitrogens is 1. The van der Waals surface area contributed by atoms with Gasteiger partial charge in [-0.3, -0.25) is 0 Å². The third-order valence-corrected chi connectivity index (χ3v) is 3.54. The number of nitrogens with zero attached hydrogens (tertiary/aromatic N) is 1. The van der Waals surface area contributed by atoms with Crippen LogP contribution in [-0.2, 0) is 6.61 Å². The quantitative estimate of drug-likeness (QED) is 0.933. The van der Waals surface area contributed by atoms with Crippen LogP contribution in [0.15, 0.2) is 28.1 Å². The van der Waals surface area contributed by atoms with Crippen molar-refractivity contribution >= 4 is 33.2 Å². The van der Waals surface area contributed by atoms with E-state index < -0.39 is 11.8 Å². The Balaban J connectivity index is 2.06. The van der Waals surface area contributed by atoms with E-state index >= 15 is 0 Å². The molecule has 2 rings (SSSR count).